The molecule has 23 heavy (non-hydrogen) atoms. The maximum Gasteiger partial charge on any atom is 0.266 e. The highest BCUT2D eigenvalue weighted by molar-refractivity contribution is 7.17. The lowest BCUT2D eigenvalue weighted by atomic mass is 10.2. The van der Waals surface area contributed by atoms with Gasteiger partial charge in [0, 0.05) is 24.7 Å². The molecule has 1 amide bonds. The zero-order valence-electron chi connectivity index (χ0n) is 12.9. The Labute approximate surface area is 152 Å². The summed E-state index contributed by atoms with van der Waals surface area (Å²) in [5.41, 5.74) is 7.64. The summed E-state index contributed by atoms with van der Waals surface area (Å²) in [5, 5.41) is 0.903. The van der Waals surface area contributed by atoms with Gasteiger partial charge in [0.15, 0.2) is 0 Å². The van der Waals surface area contributed by atoms with Gasteiger partial charge in [-0.15, -0.1) is 36.2 Å². The molecule has 0 spiro atoms. The number of thiazole rings is 1. The summed E-state index contributed by atoms with van der Waals surface area (Å²) in [6, 6.07) is 10.2. The minimum absolute atomic E-state index is 0. The van der Waals surface area contributed by atoms with E-state index < -0.39 is 0 Å². The zero-order valence-corrected chi connectivity index (χ0v) is 15.3. The fourth-order valence-corrected chi connectivity index (χ4v) is 3.81. The molecule has 2 aromatic rings. The van der Waals surface area contributed by atoms with Crippen molar-refractivity contribution < 1.29 is 4.79 Å². The summed E-state index contributed by atoms with van der Waals surface area (Å²) >= 11 is 1.48. The number of aromatic nitrogens is 1. The largest absolute Gasteiger partial charge is 0.334 e. The van der Waals surface area contributed by atoms with E-state index >= 15 is 0 Å². The molecule has 3 rings (SSSR count). The molecule has 0 aliphatic carbocycles. The van der Waals surface area contributed by atoms with Crippen molar-refractivity contribution in [2.24, 2.45) is 5.73 Å². The Bertz CT molecular complexity index is 648. The summed E-state index contributed by atoms with van der Waals surface area (Å²) < 4.78 is 0. The van der Waals surface area contributed by atoms with E-state index in [4.69, 9.17) is 5.73 Å². The Kier molecular flexibility index (Phi) is 7.48. The molecule has 1 saturated heterocycles. The number of halogens is 2. The van der Waals surface area contributed by atoms with Crippen LogP contribution >= 0.6 is 36.2 Å². The minimum atomic E-state index is 0. The van der Waals surface area contributed by atoms with Gasteiger partial charge in [-0.05, 0) is 19.8 Å². The van der Waals surface area contributed by atoms with Gasteiger partial charge >= 0.3 is 0 Å². The molecule has 0 saturated carbocycles. The first-order valence-corrected chi connectivity index (χ1v) is 8.06. The van der Waals surface area contributed by atoms with E-state index in [0.29, 0.717) is 6.54 Å². The molecule has 2 heterocycles. The fourth-order valence-electron chi connectivity index (χ4n) is 2.78. The van der Waals surface area contributed by atoms with Crippen LogP contribution in [0.5, 0.6) is 0 Å². The van der Waals surface area contributed by atoms with Crippen LogP contribution in [0.4, 0.5) is 0 Å². The normalized spacial score (nSPS) is 16.6. The van der Waals surface area contributed by atoms with Crippen LogP contribution in [0, 0.1) is 6.92 Å². The molecule has 126 valence electrons. The van der Waals surface area contributed by atoms with Crippen molar-refractivity contribution in [3.63, 3.8) is 0 Å². The van der Waals surface area contributed by atoms with E-state index in [9.17, 15) is 4.79 Å². The molecule has 0 radical (unpaired) electrons. The summed E-state index contributed by atoms with van der Waals surface area (Å²) in [7, 11) is 0. The summed E-state index contributed by atoms with van der Waals surface area (Å²) in [6.45, 7) is 3.25. The number of amides is 1. The van der Waals surface area contributed by atoms with Gasteiger partial charge in [-0.3, -0.25) is 4.79 Å². The van der Waals surface area contributed by atoms with Gasteiger partial charge in [-0.25, -0.2) is 4.98 Å². The number of benzene rings is 1. The third kappa shape index (κ3) is 4.04. The van der Waals surface area contributed by atoms with Crippen LogP contribution in [-0.4, -0.2) is 34.9 Å². The van der Waals surface area contributed by atoms with Crippen LogP contribution in [0.15, 0.2) is 30.3 Å². The molecule has 1 aromatic heterocycles. The van der Waals surface area contributed by atoms with Crippen molar-refractivity contribution in [1.82, 2.24) is 9.88 Å². The smallest absolute Gasteiger partial charge is 0.266 e. The predicted octanol–water partition coefficient (Wildman–Crippen LogP) is 3.53. The summed E-state index contributed by atoms with van der Waals surface area (Å²) in [6.07, 6.45) is 2.04. The number of rotatable bonds is 3. The molecule has 1 atom stereocenters. The van der Waals surface area contributed by atoms with E-state index in [-0.39, 0.29) is 36.8 Å². The highest BCUT2D eigenvalue weighted by Crippen LogP contribution is 2.30. The molecule has 1 aromatic carbocycles. The predicted molar refractivity (Wildman–Crippen MR) is 99.9 cm³/mol. The van der Waals surface area contributed by atoms with Crippen molar-refractivity contribution in [3.8, 4) is 10.6 Å². The molecule has 4 nitrogen and oxygen atoms in total. The molecule has 1 aliphatic rings. The Balaban J connectivity index is 0.00000132. The number of hydrogen-bond acceptors (Lipinski definition) is 4. The van der Waals surface area contributed by atoms with E-state index in [1.807, 2.05) is 42.2 Å². The molecular formula is C16H21Cl2N3OS. The monoisotopic (exact) mass is 373 g/mol. The third-order valence-electron chi connectivity index (χ3n) is 3.92. The van der Waals surface area contributed by atoms with Gasteiger partial charge < -0.3 is 10.6 Å². The first-order valence-electron chi connectivity index (χ1n) is 7.24. The Morgan fingerprint density at radius 3 is 2.70 bits per heavy atom. The molecule has 7 heteroatoms. The van der Waals surface area contributed by atoms with Crippen LogP contribution in [0.1, 0.15) is 28.2 Å². The van der Waals surface area contributed by atoms with Crippen LogP contribution in [0.2, 0.25) is 0 Å². The average molecular weight is 374 g/mol. The maximum atomic E-state index is 12.7. The highest BCUT2D eigenvalue weighted by atomic mass is 35.5. The first-order chi connectivity index (χ1) is 10.2. The topological polar surface area (TPSA) is 59.2 Å². The van der Waals surface area contributed by atoms with Crippen molar-refractivity contribution in [2.45, 2.75) is 25.8 Å². The zero-order chi connectivity index (χ0) is 14.8. The van der Waals surface area contributed by atoms with Gasteiger partial charge in [0.2, 0.25) is 0 Å². The lowest BCUT2D eigenvalue weighted by Gasteiger charge is -2.22. The van der Waals surface area contributed by atoms with Gasteiger partial charge in [0.05, 0.1) is 5.69 Å². The molecule has 1 fully saturated rings. The number of hydrogen-bond donors (Lipinski definition) is 1. The standard InChI is InChI=1S/C16H19N3OS.2ClH/c1-11-14(16(20)19-9-5-8-13(19)10-17)21-15(18-11)12-6-3-2-4-7-12;;/h2-4,6-7,13H,5,8-10,17H2,1H3;2*1H. The third-order valence-corrected chi connectivity index (χ3v) is 5.12. The molecule has 1 unspecified atom stereocenters. The van der Waals surface area contributed by atoms with Crippen LogP contribution in [0.25, 0.3) is 10.6 Å². The van der Waals surface area contributed by atoms with Crippen molar-refractivity contribution in [1.29, 1.82) is 0 Å². The van der Waals surface area contributed by atoms with E-state index in [1.54, 1.807) is 0 Å². The van der Waals surface area contributed by atoms with Crippen molar-refractivity contribution in [3.05, 3.63) is 40.9 Å². The Morgan fingerprint density at radius 2 is 2.04 bits per heavy atom. The Hall–Kier alpha value is -1.14. The number of likely N-dealkylation sites (tertiary alicyclic amines) is 1. The van der Waals surface area contributed by atoms with E-state index in [0.717, 1.165) is 40.5 Å². The van der Waals surface area contributed by atoms with Crippen LogP contribution in [0.3, 0.4) is 0 Å². The lowest BCUT2D eigenvalue weighted by Crippen LogP contribution is -2.39. The second-order valence-corrected chi connectivity index (χ2v) is 6.33. The van der Waals surface area contributed by atoms with E-state index in [2.05, 4.69) is 4.98 Å². The summed E-state index contributed by atoms with van der Waals surface area (Å²) in [5.74, 6) is 0.0835. The van der Waals surface area contributed by atoms with Gasteiger partial charge in [-0.2, -0.15) is 0 Å². The number of carbonyl (C=O) groups excluding carboxylic acids is 1. The minimum Gasteiger partial charge on any atom is -0.334 e. The number of carbonyl (C=O) groups is 1. The highest BCUT2D eigenvalue weighted by Gasteiger charge is 2.30. The molecule has 0 bridgehead atoms. The summed E-state index contributed by atoms with van der Waals surface area (Å²) in [4.78, 5) is 19.9. The average Bonchev–Trinajstić information content (AvgIpc) is 3.13. The maximum absolute atomic E-state index is 12.7. The second-order valence-electron chi connectivity index (χ2n) is 5.33. The number of nitrogens with zero attached hydrogens (tertiary/aromatic N) is 2. The van der Waals surface area contributed by atoms with E-state index in [1.165, 1.54) is 11.3 Å². The molecule has 1 aliphatic heterocycles. The van der Waals surface area contributed by atoms with Gasteiger partial charge in [-0.1, -0.05) is 30.3 Å². The van der Waals surface area contributed by atoms with Gasteiger partial charge in [0.25, 0.3) is 5.91 Å². The van der Waals surface area contributed by atoms with Gasteiger partial charge in [0.1, 0.15) is 9.88 Å². The quantitative estimate of drug-likeness (QED) is 0.894. The number of nitrogens with two attached hydrogens (primary N) is 1. The lowest BCUT2D eigenvalue weighted by molar-refractivity contribution is 0.0745. The van der Waals surface area contributed by atoms with Crippen molar-refractivity contribution in [2.75, 3.05) is 13.1 Å². The Morgan fingerprint density at radius 1 is 1.35 bits per heavy atom. The van der Waals surface area contributed by atoms with Crippen molar-refractivity contribution >= 4 is 42.1 Å². The number of aryl methyl sites for hydroxylation is 1. The second kappa shape index (κ2) is 8.64. The molecule has 2 N–H and O–H groups in total. The van der Waals surface area contributed by atoms with Crippen LogP contribution < -0.4 is 5.73 Å². The first kappa shape index (κ1) is 19.9. The fraction of sp³-hybridized carbons (Fsp3) is 0.375. The molecular weight excluding hydrogens is 353 g/mol. The van der Waals surface area contributed by atoms with Crippen LogP contribution in [-0.2, 0) is 0 Å². The SMILES string of the molecule is Cc1nc(-c2ccccc2)sc1C(=O)N1CCCC1CN.Cl.Cl.